The SMILES string of the molecule is C[C@H]1CNCC[C@@H]1c1ccccc1. The number of hydrogen-bond acceptors (Lipinski definition) is 1. The highest BCUT2D eigenvalue weighted by Gasteiger charge is 2.21. The number of benzene rings is 1. The zero-order valence-electron chi connectivity index (χ0n) is 8.16. The molecule has 1 aromatic rings. The van der Waals surface area contributed by atoms with E-state index in [1.54, 1.807) is 0 Å². The van der Waals surface area contributed by atoms with Crippen molar-refractivity contribution in [1.29, 1.82) is 0 Å². The normalized spacial score (nSPS) is 28.7. The fraction of sp³-hybridized carbons (Fsp3) is 0.500. The maximum atomic E-state index is 3.43. The van der Waals surface area contributed by atoms with Crippen molar-refractivity contribution in [3.05, 3.63) is 35.9 Å². The van der Waals surface area contributed by atoms with Crippen molar-refractivity contribution in [3.63, 3.8) is 0 Å². The average Bonchev–Trinajstić information content (AvgIpc) is 2.20. The molecule has 0 unspecified atom stereocenters. The minimum atomic E-state index is 0.766. The standard InChI is InChI=1S/C12H17N/c1-10-9-13-8-7-12(10)11-5-3-2-4-6-11/h2-6,10,12-13H,7-9H2,1H3/t10-,12-/m0/s1. The molecule has 0 aromatic heterocycles. The highest BCUT2D eigenvalue weighted by atomic mass is 14.9. The molecule has 0 spiro atoms. The molecule has 1 heteroatoms. The van der Waals surface area contributed by atoms with Crippen molar-refractivity contribution in [3.8, 4) is 0 Å². The van der Waals surface area contributed by atoms with Crippen LogP contribution in [0.15, 0.2) is 30.3 Å². The van der Waals surface area contributed by atoms with Gasteiger partial charge in [-0.25, -0.2) is 0 Å². The van der Waals surface area contributed by atoms with Gasteiger partial charge in [0.05, 0.1) is 0 Å². The van der Waals surface area contributed by atoms with Crippen molar-refractivity contribution in [2.24, 2.45) is 5.92 Å². The Kier molecular flexibility index (Phi) is 2.65. The molecule has 1 aliphatic heterocycles. The van der Waals surface area contributed by atoms with Crippen molar-refractivity contribution in [1.82, 2.24) is 5.32 Å². The van der Waals surface area contributed by atoms with Crippen molar-refractivity contribution >= 4 is 0 Å². The van der Waals surface area contributed by atoms with Gasteiger partial charge in [-0.1, -0.05) is 37.3 Å². The molecule has 13 heavy (non-hydrogen) atoms. The van der Waals surface area contributed by atoms with Gasteiger partial charge in [-0.2, -0.15) is 0 Å². The first-order valence-corrected chi connectivity index (χ1v) is 5.13. The van der Waals surface area contributed by atoms with Gasteiger partial charge >= 0.3 is 0 Å². The lowest BCUT2D eigenvalue weighted by molar-refractivity contribution is 0.349. The van der Waals surface area contributed by atoms with Crippen LogP contribution in [0.5, 0.6) is 0 Å². The molecular weight excluding hydrogens is 158 g/mol. The smallest absolute Gasteiger partial charge is 0.00173 e. The van der Waals surface area contributed by atoms with Gasteiger partial charge in [0.2, 0.25) is 0 Å². The Balaban J connectivity index is 2.15. The molecule has 1 saturated heterocycles. The van der Waals surface area contributed by atoms with Crippen LogP contribution in [0.25, 0.3) is 0 Å². The lowest BCUT2D eigenvalue weighted by Crippen LogP contribution is -2.33. The Bertz CT molecular complexity index is 255. The quantitative estimate of drug-likeness (QED) is 0.691. The topological polar surface area (TPSA) is 12.0 Å². The molecule has 70 valence electrons. The van der Waals surface area contributed by atoms with Gasteiger partial charge < -0.3 is 5.32 Å². The van der Waals surface area contributed by atoms with Crippen LogP contribution in [-0.4, -0.2) is 13.1 Å². The summed E-state index contributed by atoms with van der Waals surface area (Å²) in [4.78, 5) is 0. The number of rotatable bonds is 1. The molecule has 0 radical (unpaired) electrons. The largest absolute Gasteiger partial charge is 0.316 e. The summed E-state index contributed by atoms with van der Waals surface area (Å²) in [6.07, 6.45) is 1.28. The molecule has 1 N–H and O–H groups in total. The maximum Gasteiger partial charge on any atom is -0.00173 e. The second-order valence-corrected chi connectivity index (χ2v) is 3.99. The zero-order valence-corrected chi connectivity index (χ0v) is 8.16. The van der Waals surface area contributed by atoms with Gasteiger partial charge in [-0.3, -0.25) is 0 Å². The molecule has 1 heterocycles. The molecule has 1 aliphatic rings. The molecule has 1 fully saturated rings. The van der Waals surface area contributed by atoms with E-state index in [2.05, 4.69) is 42.6 Å². The lowest BCUT2D eigenvalue weighted by atomic mass is 9.82. The Hall–Kier alpha value is -0.820. The van der Waals surface area contributed by atoms with Crippen LogP contribution in [0.1, 0.15) is 24.8 Å². The summed E-state index contributed by atoms with van der Waals surface area (Å²) in [6, 6.07) is 10.9. The van der Waals surface area contributed by atoms with Gasteiger partial charge in [-0.05, 0) is 36.9 Å². The van der Waals surface area contributed by atoms with Crippen molar-refractivity contribution in [2.45, 2.75) is 19.3 Å². The Morgan fingerprint density at radius 2 is 2.00 bits per heavy atom. The third-order valence-electron chi connectivity index (χ3n) is 3.01. The lowest BCUT2D eigenvalue weighted by Gasteiger charge is -2.29. The van der Waals surface area contributed by atoms with Gasteiger partial charge in [0, 0.05) is 0 Å². The van der Waals surface area contributed by atoms with Crippen LogP contribution >= 0.6 is 0 Å². The third kappa shape index (κ3) is 1.92. The van der Waals surface area contributed by atoms with E-state index in [-0.39, 0.29) is 0 Å². The van der Waals surface area contributed by atoms with Crippen molar-refractivity contribution in [2.75, 3.05) is 13.1 Å². The van der Waals surface area contributed by atoms with Crippen LogP contribution in [0, 0.1) is 5.92 Å². The molecule has 0 saturated carbocycles. The van der Waals surface area contributed by atoms with E-state index in [1.807, 2.05) is 0 Å². The second-order valence-electron chi connectivity index (χ2n) is 3.99. The molecule has 0 aliphatic carbocycles. The first kappa shape index (κ1) is 8.76. The molecule has 1 nitrogen and oxygen atoms in total. The first-order chi connectivity index (χ1) is 6.38. The zero-order chi connectivity index (χ0) is 9.10. The van der Waals surface area contributed by atoms with Crippen molar-refractivity contribution < 1.29 is 0 Å². The van der Waals surface area contributed by atoms with E-state index < -0.39 is 0 Å². The Labute approximate surface area is 80.2 Å². The summed E-state index contributed by atoms with van der Waals surface area (Å²) < 4.78 is 0. The van der Waals surface area contributed by atoms with Gasteiger partial charge in [0.25, 0.3) is 0 Å². The van der Waals surface area contributed by atoms with E-state index in [0.717, 1.165) is 11.8 Å². The average molecular weight is 175 g/mol. The minimum Gasteiger partial charge on any atom is -0.316 e. The van der Waals surface area contributed by atoms with E-state index in [1.165, 1.54) is 25.1 Å². The number of hydrogen-bond donors (Lipinski definition) is 1. The summed E-state index contributed by atoms with van der Waals surface area (Å²) in [7, 11) is 0. The predicted molar refractivity (Wildman–Crippen MR) is 55.8 cm³/mol. The fourth-order valence-electron chi connectivity index (χ4n) is 2.21. The Morgan fingerprint density at radius 1 is 1.23 bits per heavy atom. The van der Waals surface area contributed by atoms with Gasteiger partial charge in [-0.15, -0.1) is 0 Å². The van der Waals surface area contributed by atoms with Gasteiger partial charge in [0.1, 0.15) is 0 Å². The Morgan fingerprint density at radius 3 is 2.69 bits per heavy atom. The highest BCUT2D eigenvalue weighted by Crippen LogP contribution is 2.29. The first-order valence-electron chi connectivity index (χ1n) is 5.13. The van der Waals surface area contributed by atoms with Crippen LogP contribution < -0.4 is 5.32 Å². The fourth-order valence-corrected chi connectivity index (χ4v) is 2.21. The van der Waals surface area contributed by atoms with E-state index in [9.17, 15) is 0 Å². The molecular formula is C12H17N. The minimum absolute atomic E-state index is 0.766. The summed E-state index contributed by atoms with van der Waals surface area (Å²) in [5.41, 5.74) is 1.51. The summed E-state index contributed by atoms with van der Waals surface area (Å²) in [5, 5.41) is 3.43. The molecule has 0 amide bonds. The summed E-state index contributed by atoms with van der Waals surface area (Å²) in [5.74, 6) is 1.54. The van der Waals surface area contributed by atoms with E-state index >= 15 is 0 Å². The van der Waals surface area contributed by atoms with E-state index in [4.69, 9.17) is 0 Å². The molecule has 2 atom stereocenters. The van der Waals surface area contributed by atoms with Crippen LogP contribution in [0.3, 0.4) is 0 Å². The van der Waals surface area contributed by atoms with Crippen LogP contribution in [0.2, 0.25) is 0 Å². The monoisotopic (exact) mass is 175 g/mol. The summed E-state index contributed by atoms with van der Waals surface area (Å²) in [6.45, 7) is 4.67. The summed E-state index contributed by atoms with van der Waals surface area (Å²) >= 11 is 0. The molecule has 2 rings (SSSR count). The maximum absolute atomic E-state index is 3.43. The van der Waals surface area contributed by atoms with Crippen LogP contribution in [0.4, 0.5) is 0 Å². The highest BCUT2D eigenvalue weighted by molar-refractivity contribution is 5.20. The van der Waals surface area contributed by atoms with Crippen LogP contribution in [-0.2, 0) is 0 Å². The van der Waals surface area contributed by atoms with E-state index in [0.29, 0.717) is 0 Å². The third-order valence-corrected chi connectivity index (χ3v) is 3.01. The molecule has 0 bridgehead atoms. The second kappa shape index (κ2) is 3.93. The van der Waals surface area contributed by atoms with Gasteiger partial charge in [0.15, 0.2) is 0 Å². The number of nitrogens with one attached hydrogen (secondary N) is 1. The predicted octanol–water partition coefficient (Wildman–Crippen LogP) is 2.40. The number of piperidine rings is 1. The molecule has 1 aromatic carbocycles.